The number of ether oxygens (including phenoxy) is 1. The Morgan fingerprint density at radius 2 is 1.97 bits per heavy atom. The minimum absolute atomic E-state index is 0.0528. The third-order valence-electron chi connectivity index (χ3n) is 5.67. The molecule has 0 spiro atoms. The van der Waals surface area contributed by atoms with Crippen LogP contribution in [0.3, 0.4) is 0 Å². The van der Waals surface area contributed by atoms with Crippen molar-refractivity contribution in [3.8, 4) is 0 Å². The zero-order valence-electron chi connectivity index (χ0n) is 16.4. The summed E-state index contributed by atoms with van der Waals surface area (Å²) in [7, 11) is 0. The molecular weight excluding hydrogens is 374 g/mol. The quantitative estimate of drug-likeness (QED) is 0.693. The number of rotatable bonds is 5. The van der Waals surface area contributed by atoms with Gasteiger partial charge in [-0.05, 0) is 29.2 Å². The molecule has 1 aromatic heterocycles. The van der Waals surface area contributed by atoms with Crippen molar-refractivity contribution in [2.75, 3.05) is 26.3 Å². The van der Waals surface area contributed by atoms with Crippen molar-refractivity contribution < 1.29 is 18.3 Å². The number of aryl methyl sites for hydroxylation is 1. The number of aromatic nitrogens is 1. The molecule has 3 aromatic rings. The topological polar surface area (TPSA) is 45.3 Å². The van der Waals surface area contributed by atoms with E-state index in [9.17, 15) is 13.6 Å². The van der Waals surface area contributed by atoms with Gasteiger partial charge in [0.2, 0.25) is 5.91 Å². The Morgan fingerprint density at radius 1 is 1.17 bits per heavy atom. The number of carbonyl (C=O) groups excluding carboxylic acids is 1. The second-order valence-electron chi connectivity index (χ2n) is 7.35. The summed E-state index contributed by atoms with van der Waals surface area (Å²) >= 11 is 0. The molecule has 0 saturated carbocycles. The fourth-order valence-electron chi connectivity index (χ4n) is 4.11. The number of morpholine rings is 1. The van der Waals surface area contributed by atoms with E-state index in [1.54, 1.807) is 4.90 Å². The van der Waals surface area contributed by atoms with E-state index in [4.69, 9.17) is 4.74 Å². The van der Waals surface area contributed by atoms with Crippen molar-refractivity contribution in [2.24, 2.45) is 0 Å². The number of benzene rings is 2. The summed E-state index contributed by atoms with van der Waals surface area (Å²) in [6.45, 7) is 4.16. The lowest BCUT2D eigenvalue weighted by atomic mass is 9.87. The molecule has 0 radical (unpaired) electrons. The summed E-state index contributed by atoms with van der Waals surface area (Å²) in [5.41, 5.74) is 3.33. The van der Waals surface area contributed by atoms with Gasteiger partial charge in [-0.15, -0.1) is 0 Å². The van der Waals surface area contributed by atoms with E-state index >= 15 is 0 Å². The number of fused-ring (bicyclic) bond motifs is 1. The molecule has 0 bridgehead atoms. The number of aromatic amines is 1. The third kappa shape index (κ3) is 3.90. The molecule has 4 rings (SSSR count). The van der Waals surface area contributed by atoms with Gasteiger partial charge < -0.3 is 14.6 Å². The maximum Gasteiger partial charge on any atom is 0.223 e. The van der Waals surface area contributed by atoms with Crippen LogP contribution in [0.25, 0.3) is 10.9 Å². The van der Waals surface area contributed by atoms with Crippen molar-refractivity contribution in [3.05, 3.63) is 70.9 Å². The van der Waals surface area contributed by atoms with Gasteiger partial charge in [0.05, 0.1) is 13.2 Å². The van der Waals surface area contributed by atoms with Gasteiger partial charge in [0, 0.05) is 48.6 Å². The Kier molecular flexibility index (Phi) is 5.62. The molecule has 6 heteroatoms. The number of para-hydroxylation sites is 1. The molecule has 4 nitrogen and oxygen atoms in total. The lowest BCUT2D eigenvalue weighted by molar-refractivity contribution is -0.135. The minimum Gasteiger partial charge on any atom is -0.378 e. The zero-order valence-corrected chi connectivity index (χ0v) is 16.4. The fourth-order valence-corrected chi connectivity index (χ4v) is 4.11. The largest absolute Gasteiger partial charge is 0.378 e. The van der Waals surface area contributed by atoms with Crippen molar-refractivity contribution in [2.45, 2.75) is 25.7 Å². The molecule has 1 saturated heterocycles. The molecule has 1 amide bonds. The first-order valence-electron chi connectivity index (χ1n) is 9.97. The van der Waals surface area contributed by atoms with Crippen molar-refractivity contribution >= 4 is 16.8 Å². The van der Waals surface area contributed by atoms with E-state index in [1.165, 1.54) is 12.1 Å². The van der Waals surface area contributed by atoms with Crippen molar-refractivity contribution in [1.29, 1.82) is 0 Å². The number of halogens is 2. The summed E-state index contributed by atoms with van der Waals surface area (Å²) in [5, 5.41) is 0.966. The van der Waals surface area contributed by atoms with E-state index < -0.39 is 17.6 Å². The summed E-state index contributed by atoms with van der Waals surface area (Å²) in [6, 6.07) is 9.58. The molecule has 1 aliphatic heterocycles. The molecular formula is C23H24F2N2O2. The second-order valence-corrected chi connectivity index (χ2v) is 7.35. The minimum atomic E-state index is -0.634. The van der Waals surface area contributed by atoms with E-state index in [1.807, 2.05) is 18.3 Å². The maximum absolute atomic E-state index is 14.7. The highest BCUT2D eigenvalue weighted by Gasteiger charge is 2.27. The lowest BCUT2D eigenvalue weighted by Crippen LogP contribution is -2.41. The van der Waals surface area contributed by atoms with Crippen LogP contribution in [0, 0.1) is 11.6 Å². The normalized spacial score (nSPS) is 15.6. The Hall–Kier alpha value is -2.73. The number of hydrogen-bond acceptors (Lipinski definition) is 2. The van der Waals surface area contributed by atoms with Crippen LogP contribution >= 0.6 is 0 Å². The van der Waals surface area contributed by atoms with Crippen LogP contribution < -0.4 is 0 Å². The van der Waals surface area contributed by atoms with E-state index in [0.29, 0.717) is 31.9 Å². The number of nitrogens with zero attached hydrogens (tertiary/aromatic N) is 1. The molecule has 2 aromatic carbocycles. The Morgan fingerprint density at radius 3 is 2.69 bits per heavy atom. The van der Waals surface area contributed by atoms with E-state index in [0.717, 1.165) is 34.5 Å². The summed E-state index contributed by atoms with van der Waals surface area (Å²) < 4.78 is 33.6. The molecule has 1 unspecified atom stereocenters. The van der Waals surface area contributed by atoms with Gasteiger partial charge >= 0.3 is 0 Å². The van der Waals surface area contributed by atoms with E-state index in [-0.39, 0.29) is 12.3 Å². The van der Waals surface area contributed by atoms with Gasteiger partial charge in [0.25, 0.3) is 0 Å². The molecule has 1 aliphatic rings. The molecule has 1 N–H and O–H groups in total. The van der Waals surface area contributed by atoms with Crippen LogP contribution in [-0.4, -0.2) is 42.1 Å². The van der Waals surface area contributed by atoms with Crippen LogP contribution in [0.4, 0.5) is 8.78 Å². The van der Waals surface area contributed by atoms with E-state index in [2.05, 4.69) is 18.0 Å². The standard InChI is InChI=1S/C23H24F2N2O2/c1-2-15-4-3-5-18-20(14-26-23(15)18)19(17-7-6-16(24)12-21(17)25)13-22(28)27-8-10-29-11-9-27/h3-7,12,14,19,26H,2,8-11,13H2,1H3. The average molecular weight is 398 g/mol. The number of H-pyrrole nitrogens is 1. The van der Waals surface area contributed by atoms with Crippen LogP contribution in [0.5, 0.6) is 0 Å². The van der Waals surface area contributed by atoms with Gasteiger partial charge in [-0.1, -0.05) is 31.2 Å². The Balaban J connectivity index is 1.77. The number of hydrogen-bond donors (Lipinski definition) is 1. The molecule has 1 fully saturated rings. The van der Waals surface area contributed by atoms with Crippen molar-refractivity contribution in [3.63, 3.8) is 0 Å². The summed E-state index contributed by atoms with van der Waals surface area (Å²) in [5.74, 6) is -1.82. The molecule has 152 valence electrons. The molecule has 2 heterocycles. The fraction of sp³-hybridized carbons (Fsp3) is 0.348. The Labute approximate surface area is 168 Å². The third-order valence-corrected chi connectivity index (χ3v) is 5.67. The smallest absolute Gasteiger partial charge is 0.223 e. The van der Waals surface area contributed by atoms with Gasteiger partial charge in [-0.2, -0.15) is 0 Å². The zero-order chi connectivity index (χ0) is 20.4. The van der Waals surface area contributed by atoms with Gasteiger partial charge in [0.1, 0.15) is 11.6 Å². The first-order chi connectivity index (χ1) is 14.1. The summed E-state index contributed by atoms with van der Waals surface area (Å²) in [4.78, 5) is 18.0. The molecule has 0 aliphatic carbocycles. The highest BCUT2D eigenvalue weighted by Crippen LogP contribution is 2.36. The predicted molar refractivity (Wildman–Crippen MR) is 108 cm³/mol. The SMILES string of the molecule is CCc1cccc2c(C(CC(=O)N3CCOCC3)c3ccc(F)cc3F)c[nH]c12. The van der Waals surface area contributed by atoms with Gasteiger partial charge in [0.15, 0.2) is 0 Å². The molecule has 1 atom stereocenters. The first-order valence-corrected chi connectivity index (χ1v) is 9.97. The highest BCUT2D eigenvalue weighted by molar-refractivity contribution is 5.88. The van der Waals surface area contributed by atoms with Crippen LogP contribution in [0.1, 0.15) is 36.0 Å². The van der Waals surface area contributed by atoms with Crippen molar-refractivity contribution in [1.82, 2.24) is 9.88 Å². The number of carbonyl (C=O) groups is 1. The molecule has 29 heavy (non-hydrogen) atoms. The van der Waals surface area contributed by atoms with Crippen LogP contribution in [0.2, 0.25) is 0 Å². The second kappa shape index (κ2) is 8.33. The van der Waals surface area contributed by atoms with Crippen LogP contribution in [0.15, 0.2) is 42.6 Å². The number of nitrogens with one attached hydrogen (secondary N) is 1. The highest BCUT2D eigenvalue weighted by atomic mass is 19.1. The van der Waals surface area contributed by atoms with Crippen LogP contribution in [-0.2, 0) is 16.0 Å². The maximum atomic E-state index is 14.7. The summed E-state index contributed by atoms with van der Waals surface area (Å²) in [6.07, 6.45) is 2.83. The first kappa shape index (κ1) is 19.6. The number of amides is 1. The average Bonchev–Trinajstić information content (AvgIpc) is 3.17. The monoisotopic (exact) mass is 398 g/mol. The predicted octanol–water partition coefficient (Wildman–Crippen LogP) is 4.39. The lowest BCUT2D eigenvalue weighted by Gasteiger charge is -2.29. The Bertz CT molecular complexity index is 1020. The van der Waals surface area contributed by atoms with Gasteiger partial charge in [-0.25, -0.2) is 8.78 Å². The van der Waals surface area contributed by atoms with Gasteiger partial charge in [-0.3, -0.25) is 4.79 Å².